The number of alkyl halides is 2. The SMILES string of the molecule is CC(C)C(=O)N1CCN(c2cc(S(=O)(=O)N(COCC[Si](C)(C)C)C3(C)CC3)cc3c(-c4nnc(C(F)F)s4)nn(CC4CC4)c23)CC1. The minimum Gasteiger partial charge on any atom is -0.366 e. The van der Waals surface area contributed by atoms with E-state index in [9.17, 15) is 22.0 Å². The third-order valence-corrected chi connectivity index (χ3v) is 14.1. The minimum absolute atomic E-state index is 0.0470. The first kappa shape index (κ1) is 35.3. The van der Waals surface area contributed by atoms with E-state index in [0.29, 0.717) is 62.0 Å². The van der Waals surface area contributed by atoms with Gasteiger partial charge in [-0.05, 0) is 56.7 Å². The van der Waals surface area contributed by atoms with Crippen LogP contribution in [0.3, 0.4) is 0 Å². The van der Waals surface area contributed by atoms with Crippen LogP contribution in [0.1, 0.15) is 57.9 Å². The molecule has 48 heavy (non-hydrogen) atoms. The van der Waals surface area contributed by atoms with E-state index >= 15 is 0 Å². The Balaban J connectivity index is 1.46. The first-order valence-corrected chi connectivity index (χ1v) is 22.8. The number of sulfonamides is 1. The van der Waals surface area contributed by atoms with E-state index in [1.165, 1.54) is 4.31 Å². The summed E-state index contributed by atoms with van der Waals surface area (Å²) in [6, 6.07) is 4.28. The average Bonchev–Trinajstić information content (AvgIpc) is 3.90. The number of ether oxygens (including phenoxy) is 1. The number of piperazine rings is 1. The Morgan fingerprint density at radius 3 is 2.38 bits per heavy atom. The Bertz CT molecular complexity index is 1760. The van der Waals surface area contributed by atoms with Crippen LogP contribution in [0.15, 0.2) is 17.0 Å². The summed E-state index contributed by atoms with van der Waals surface area (Å²) in [5, 5.41) is 13.0. The van der Waals surface area contributed by atoms with Crippen molar-refractivity contribution in [2.24, 2.45) is 11.8 Å². The van der Waals surface area contributed by atoms with Crippen LogP contribution in [0, 0.1) is 11.8 Å². The van der Waals surface area contributed by atoms with Crippen molar-refractivity contribution >= 4 is 51.9 Å². The normalized spacial score (nSPS) is 18.6. The molecule has 16 heteroatoms. The van der Waals surface area contributed by atoms with Crippen LogP contribution in [0.5, 0.6) is 0 Å². The molecule has 6 rings (SSSR count). The number of anilines is 1. The molecular weight excluding hydrogens is 677 g/mol. The van der Waals surface area contributed by atoms with Crippen molar-refractivity contribution in [2.45, 2.75) is 95.5 Å². The standard InChI is InChI=1S/C32H47F2N7O4S2Si/c1-21(2)31(42)39-13-11-38(12-14-39)25-18-23(47(43,44)41(32(3)9-10-32)20-45-15-16-48(4,5)6)17-24-26(29-35-36-30(46-29)28(33)34)37-40(27(24)25)19-22-7-8-22/h17-18,21-22,28H,7-16,19-20H2,1-6H3. The quantitative estimate of drug-likeness (QED) is 0.112. The summed E-state index contributed by atoms with van der Waals surface area (Å²) in [5.41, 5.74) is 1.23. The van der Waals surface area contributed by atoms with Crippen molar-refractivity contribution in [1.82, 2.24) is 29.2 Å². The highest BCUT2D eigenvalue weighted by atomic mass is 32.2. The predicted molar refractivity (Wildman–Crippen MR) is 186 cm³/mol. The molecule has 264 valence electrons. The first-order chi connectivity index (χ1) is 22.6. The molecule has 0 unspecified atom stereocenters. The van der Waals surface area contributed by atoms with Crippen molar-refractivity contribution < 1.29 is 26.7 Å². The Morgan fingerprint density at radius 1 is 1.12 bits per heavy atom. The van der Waals surface area contributed by atoms with E-state index in [1.54, 1.807) is 12.1 Å². The molecule has 11 nitrogen and oxygen atoms in total. The van der Waals surface area contributed by atoms with Crippen molar-refractivity contribution in [3.63, 3.8) is 0 Å². The molecule has 2 saturated carbocycles. The third kappa shape index (κ3) is 7.47. The number of nitrogens with zero attached hydrogens (tertiary/aromatic N) is 7. The fraction of sp³-hybridized carbons (Fsp3) is 0.688. The molecule has 3 heterocycles. The molecule has 0 atom stereocenters. The number of rotatable bonds is 14. The Labute approximate surface area is 286 Å². The second kappa shape index (κ2) is 13.3. The van der Waals surface area contributed by atoms with Gasteiger partial charge in [-0.15, -0.1) is 10.2 Å². The number of amides is 1. The highest BCUT2D eigenvalue weighted by Crippen LogP contribution is 2.46. The topological polar surface area (TPSA) is 114 Å². The molecule has 3 aromatic rings. The first-order valence-electron chi connectivity index (χ1n) is 16.9. The lowest BCUT2D eigenvalue weighted by molar-refractivity contribution is -0.134. The van der Waals surface area contributed by atoms with Gasteiger partial charge < -0.3 is 14.5 Å². The van der Waals surface area contributed by atoms with Gasteiger partial charge in [-0.3, -0.25) is 9.48 Å². The predicted octanol–water partition coefficient (Wildman–Crippen LogP) is 6.06. The number of halogens is 2. The molecule has 0 N–H and O–H groups in total. The molecule has 1 saturated heterocycles. The molecule has 1 amide bonds. The number of hydrogen-bond acceptors (Lipinski definition) is 9. The Morgan fingerprint density at radius 2 is 1.81 bits per heavy atom. The monoisotopic (exact) mass is 723 g/mol. The van der Waals surface area contributed by atoms with Gasteiger partial charge in [-0.1, -0.05) is 44.8 Å². The largest absolute Gasteiger partial charge is 0.366 e. The summed E-state index contributed by atoms with van der Waals surface area (Å²) in [4.78, 5) is 16.9. The number of aromatic nitrogens is 4. The molecule has 2 aromatic heterocycles. The van der Waals surface area contributed by atoms with Gasteiger partial charge in [0.1, 0.15) is 12.4 Å². The van der Waals surface area contributed by atoms with Gasteiger partial charge in [0, 0.05) is 64.2 Å². The summed E-state index contributed by atoms with van der Waals surface area (Å²) in [6.45, 7) is 15.6. The van der Waals surface area contributed by atoms with Crippen molar-refractivity contribution in [1.29, 1.82) is 0 Å². The van der Waals surface area contributed by atoms with Crippen molar-refractivity contribution in [3.8, 4) is 10.7 Å². The Kier molecular flexibility index (Phi) is 9.78. The number of carbonyl (C=O) groups excluding carboxylic acids is 1. The summed E-state index contributed by atoms with van der Waals surface area (Å²) >= 11 is 0.771. The van der Waals surface area contributed by atoms with Crippen LogP contribution in [0.25, 0.3) is 21.6 Å². The van der Waals surface area contributed by atoms with E-state index in [2.05, 4.69) is 34.7 Å². The second-order valence-electron chi connectivity index (χ2n) is 15.2. The fourth-order valence-corrected chi connectivity index (χ4v) is 9.26. The maximum Gasteiger partial charge on any atom is 0.291 e. The van der Waals surface area contributed by atoms with Crippen LogP contribution < -0.4 is 4.90 Å². The van der Waals surface area contributed by atoms with Gasteiger partial charge >= 0.3 is 0 Å². The lowest BCUT2D eigenvalue weighted by atomic mass is 10.1. The van der Waals surface area contributed by atoms with Gasteiger partial charge in [0.15, 0.2) is 10.0 Å². The molecule has 2 aliphatic carbocycles. The molecule has 0 spiro atoms. The highest BCUT2D eigenvalue weighted by molar-refractivity contribution is 7.89. The number of carbonyl (C=O) groups is 1. The second-order valence-corrected chi connectivity index (χ2v) is 23.7. The van der Waals surface area contributed by atoms with E-state index in [1.807, 2.05) is 30.4 Å². The zero-order valence-electron chi connectivity index (χ0n) is 28.7. The van der Waals surface area contributed by atoms with E-state index < -0.39 is 35.1 Å². The fourth-order valence-electron chi connectivity index (χ4n) is 6.04. The molecule has 0 bridgehead atoms. The molecule has 1 aromatic carbocycles. The van der Waals surface area contributed by atoms with Gasteiger partial charge in [-0.25, -0.2) is 17.2 Å². The number of hydrogen-bond donors (Lipinski definition) is 0. The van der Waals surface area contributed by atoms with Crippen molar-refractivity contribution in [3.05, 3.63) is 17.1 Å². The number of benzene rings is 1. The summed E-state index contributed by atoms with van der Waals surface area (Å²) in [6.07, 6.45) is 0.815. The smallest absolute Gasteiger partial charge is 0.291 e. The lowest BCUT2D eigenvalue weighted by Gasteiger charge is -2.37. The van der Waals surface area contributed by atoms with E-state index in [-0.39, 0.29) is 28.5 Å². The zero-order valence-corrected chi connectivity index (χ0v) is 31.3. The third-order valence-electron chi connectivity index (χ3n) is 9.55. The van der Waals surface area contributed by atoms with Crippen LogP contribution in [0.4, 0.5) is 14.5 Å². The summed E-state index contributed by atoms with van der Waals surface area (Å²) in [7, 11) is -5.45. The van der Waals surface area contributed by atoms with Crippen LogP contribution in [-0.2, 0) is 26.1 Å². The van der Waals surface area contributed by atoms with Gasteiger partial charge in [0.2, 0.25) is 15.9 Å². The van der Waals surface area contributed by atoms with E-state index in [0.717, 1.165) is 48.6 Å². The van der Waals surface area contributed by atoms with Gasteiger partial charge in [0.25, 0.3) is 6.43 Å². The summed E-state index contributed by atoms with van der Waals surface area (Å²) < 4.78 is 66.0. The molecule has 0 radical (unpaired) electrons. The Hall–Kier alpha value is -2.53. The maximum atomic E-state index is 14.7. The molecular formula is C32H47F2N7O4S2Si. The van der Waals surface area contributed by atoms with E-state index in [4.69, 9.17) is 9.84 Å². The maximum absolute atomic E-state index is 14.7. The molecule has 3 fully saturated rings. The summed E-state index contributed by atoms with van der Waals surface area (Å²) in [5.74, 6) is 0.403. The minimum atomic E-state index is -4.07. The molecule has 3 aliphatic rings. The number of fused-ring (bicyclic) bond motifs is 1. The highest BCUT2D eigenvalue weighted by Gasteiger charge is 2.50. The average molecular weight is 724 g/mol. The van der Waals surface area contributed by atoms with Crippen molar-refractivity contribution in [2.75, 3.05) is 44.4 Å². The molecule has 1 aliphatic heterocycles. The van der Waals surface area contributed by atoms with Crippen LogP contribution in [-0.4, -0.2) is 96.6 Å². The lowest BCUT2D eigenvalue weighted by Crippen LogP contribution is -2.50. The van der Waals surface area contributed by atoms with Gasteiger partial charge in [-0.2, -0.15) is 9.40 Å². The zero-order chi connectivity index (χ0) is 34.6. The van der Waals surface area contributed by atoms with Gasteiger partial charge in [0.05, 0.1) is 16.1 Å². The van der Waals surface area contributed by atoms with Crippen LogP contribution in [0.2, 0.25) is 25.7 Å². The van der Waals surface area contributed by atoms with Crippen LogP contribution >= 0.6 is 11.3 Å².